The van der Waals surface area contributed by atoms with Crippen LogP contribution in [0.2, 0.25) is 6.04 Å². The van der Waals surface area contributed by atoms with Gasteiger partial charge in [-0.05, 0) is 25.9 Å². The Morgan fingerprint density at radius 3 is 2.00 bits per heavy atom. The summed E-state index contributed by atoms with van der Waals surface area (Å²) in [5.74, 6) is 0. The van der Waals surface area contributed by atoms with Crippen LogP contribution in [0.1, 0.15) is 46.5 Å². The van der Waals surface area contributed by atoms with E-state index >= 15 is 0 Å². The summed E-state index contributed by atoms with van der Waals surface area (Å²) in [5, 5.41) is 11.6. The van der Waals surface area contributed by atoms with Crippen LogP contribution in [0.15, 0.2) is 0 Å². The average molecular weight is 265 g/mol. The third-order valence-corrected chi connectivity index (χ3v) is 4.22. The van der Waals surface area contributed by atoms with E-state index in [1.807, 2.05) is 0 Å². The van der Waals surface area contributed by atoms with Gasteiger partial charge in [0.15, 0.2) is 0 Å². The third-order valence-electron chi connectivity index (χ3n) is 2.29. The predicted molar refractivity (Wildman–Crippen MR) is 75.5 cm³/mol. The molecule has 2 N–H and O–H groups in total. The second kappa shape index (κ2) is 16.1. The number of aliphatic hydroxyl groups excluding tert-OH is 1. The first kappa shape index (κ1) is 19.4. The first-order chi connectivity index (χ1) is 8.12. The van der Waals surface area contributed by atoms with E-state index in [-0.39, 0.29) is 6.23 Å². The molecular formula is C12H31NO3Si. The van der Waals surface area contributed by atoms with E-state index in [1.54, 1.807) is 21.1 Å². The molecule has 0 saturated heterocycles. The number of nitrogens with one attached hydrogen (secondary N) is 1. The second-order valence-corrected chi connectivity index (χ2v) is 6.41. The highest BCUT2D eigenvalue weighted by atomic mass is 28.3. The molecule has 1 unspecified atom stereocenters. The second-order valence-electron chi connectivity index (χ2n) is 4.03. The van der Waals surface area contributed by atoms with Crippen molar-refractivity contribution >= 4 is 9.28 Å². The van der Waals surface area contributed by atoms with Crippen LogP contribution in [0.3, 0.4) is 0 Å². The lowest BCUT2D eigenvalue weighted by molar-refractivity contribution is 0.156. The van der Waals surface area contributed by atoms with E-state index in [9.17, 15) is 0 Å². The topological polar surface area (TPSA) is 50.7 Å². The molecule has 0 aromatic rings. The van der Waals surface area contributed by atoms with Gasteiger partial charge in [0.1, 0.15) is 6.23 Å². The molecule has 0 amide bonds. The van der Waals surface area contributed by atoms with Crippen molar-refractivity contribution in [3.05, 3.63) is 0 Å². The zero-order valence-corrected chi connectivity index (χ0v) is 13.3. The fraction of sp³-hybridized carbons (Fsp3) is 1.00. The van der Waals surface area contributed by atoms with Crippen molar-refractivity contribution in [3.8, 4) is 0 Å². The van der Waals surface area contributed by atoms with Gasteiger partial charge >= 0.3 is 9.28 Å². The molecule has 5 heteroatoms. The largest absolute Gasteiger partial charge is 0.400 e. The van der Waals surface area contributed by atoms with E-state index in [4.69, 9.17) is 14.0 Å². The van der Waals surface area contributed by atoms with Crippen molar-refractivity contribution < 1.29 is 14.0 Å². The normalized spacial score (nSPS) is 12.2. The Kier molecular flexibility index (Phi) is 18.3. The lowest BCUT2D eigenvalue weighted by Gasteiger charge is -2.08. The summed E-state index contributed by atoms with van der Waals surface area (Å²) in [7, 11) is 2.25. The Balaban J connectivity index is 0. The van der Waals surface area contributed by atoms with E-state index < -0.39 is 9.28 Å². The Morgan fingerprint density at radius 1 is 1.12 bits per heavy atom. The molecule has 4 nitrogen and oxygen atoms in total. The zero-order chi connectivity index (χ0) is 13.5. The number of rotatable bonds is 9. The lowest BCUT2D eigenvalue weighted by Crippen LogP contribution is -2.25. The minimum atomic E-state index is -1.21. The molecule has 0 fully saturated rings. The number of aliphatic hydroxyl groups is 1. The van der Waals surface area contributed by atoms with E-state index in [2.05, 4.69) is 19.2 Å². The summed E-state index contributed by atoms with van der Waals surface area (Å²) in [6.45, 7) is 6.96. The van der Waals surface area contributed by atoms with Crippen LogP contribution in [0.4, 0.5) is 0 Å². The minimum Gasteiger partial charge on any atom is -0.400 e. The van der Waals surface area contributed by atoms with Crippen LogP contribution in [0.25, 0.3) is 0 Å². The summed E-state index contributed by atoms with van der Waals surface area (Å²) in [5.41, 5.74) is 0. The Labute approximate surface area is 109 Å². The van der Waals surface area contributed by atoms with Crippen LogP contribution in [0, 0.1) is 0 Å². The average Bonchev–Trinajstić information content (AvgIpc) is 2.31. The van der Waals surface area contributed by atoms with E-state index in [0.717, 1.165) is 19.0 Å². The van der Waals surface area contributed by atoms with Crippen molar-refractivity contribution in [3.63, 3.8) is 0 Å². The molecular weight excluding hydrogens is 234 g/mol. The summed E-state index contributed by atoms with van der Waals surface area (Å²) in [4.78, 5) is 0. The highest BCUT2D eigenvalue weighted by molar-refractivity contribution is 6.44. The number of hydrogen-bond acceptors (Lipinski definition) is 4. The summed E-state index contributed by atoms with van der Waals surface area (Å²) < 4.78 is 10.2. The highest BCUT2D eigenvalue weighted by Gasteiger charge is 2.06. The van der Waals surface area contributed by atoms with Crippen molar-refractivity contribution in [1.29, 1.82) is 0 Å². The van der Waals surface area contributed by atoms with Crippen LogP contribution < -0.4 is 5.32 Å². The van der Waals surface area contributed by atoms with Gasteiger partial charge in [-0.1, -0.05) is 33.1 Å². The van der Waals surface area contributed by atoms with Crippen molar-refractivity contribution in [2.45, 2.75) is 58.7 Å². The maximum absolute atomic E-state index is 8.67. The molecule has 0 aliphatic carbocycles. The van der Waals surface area contributed by atoms with Crippen LogP contribution in [-0.2, 0) is 8.85 Å². The molecule has 17 heavy (non-hydrogen) atoms. The third kappa shape index (κ3) is 18.6. The van der Waals surface area contributed by atoms with E-state index in [1.165, 1.54) is 19.3 Å². The first-order valence-electron chi connectivity index (χ1n) is 6.59. The molecule has 0 aromatic carbocycles. The molecule has 0 aliphatic heterocycles. The summed E-state index contributed by atoms with van der Waals surface area (Å²) in [6, 6.07) is 1.14. The van der Waals surface area contributed by atoms with E-state index in [0.29, 0.717) is 0 Å². The van der Waals surface area contributed by atoms with Gasteiger partial charge in [0, 0.05) is 14.2 Å². The minimum absolute atomic E-state index is 0.346. The van der Waals surface area contributed by atoms with Crippen LogP contribution in [-0.4, -0.2) is 41.4 Å². The molecule has 0 spiro atoms. The molecule has 106 valence electrons. The van der Waals surface area contributed by atoms with Crippen molar-refractivity contribution in [2.75, 3.05) is 20.8 Å². The van der Waals surface area contributed by atoms with Gasteiger partial charge in [-0.2, -0.15) is 0 Å². The van der Waals surface area contributed by atoms with Gasteiger partial charge in [-0.25, -0.2) is 0 Å². The molecule has 0 rings (SSSR count). The lowest BCUT2D eigenvalue weighted by atomic mass is 10.3. The van der Waals surface area contributed by atoms with Gasteiger partial charge in [0.2, 0.25) is 0 Å². The van der Waals surface area contributed by atoms with Crippen LogP contribution in [0.5, 0.6) is 0 Å². The summed E-state index contributed by atoms with van der Waals surface area (Å²) in [6.07, 6.45) is 4.45. The quantitative estimate of drug-likeness (QED) is 0.380. The molecule has 0 heterocycles. The van der Waals surface area contributed by atoms with Gasteiger partial charge in [0.05, 0.1) is 0 Å². The maximum atomic E-state index is 8.67. The monoisotopic (exact) mass is 265 g/mol. The fourth-order valence-corrected chi connectivity index (χ4v) is 2.60. The number of hydrogen-bond donors (Lipinski definition) is 2. The molecule has 0 aromatic heterocycles. The smallest absolute Gasteiger partial charge is 0.320 e. The van der Waals surface area contributed by atoms with Gasteiger partial charge in [-0.3, -0.25) is 5.32 Å². The molecule has 0 aliphatic rings. The predicted octanol–water partition coefficient (Wildman–Crippen LogP) is 2.01. The van der Waals surface area contributed by atoms with Gasteiger partial charge in [-0.15, -0.1) is 0 Å². The Hall–Kier alpha value is 0.0569. The van der Waals surface area contributed by atoms with Gasteiger partial charge in [0.25, 0.3) is 0 Å². The van der Waals surface area contributed by atoms with Crippen molar-refractivity contribution in [1.82, 2.24) is 5.32 Å². The molecule has 0 bridgehead atoms. The number of unbranched alkanes of at least 4 members (excludes halogenated alkanes) is 2. The Bertz CT molecular complexity index is 133. The molecule has 0 saturated carbocycles. The highest BCUT2D eigenvalue weighted by Crippen LogP contribution is 2.01. The first-order valence-corrected chi connectivity index (χ1v) is 8.35. The zero-order valence-electron chi connectivity index (χ0n) is 12.2. The molecule has 0 radical (unpaired) electrons. The standard InChI is InChI=1S/C6H15NO.C6H16O2Si/c1-3-4-5-7-6(2)8;1-4-5-6-9(7-2)8-3/h6-8H,3-5H2,1-2H3;9H,4-6H2,1-3H3. The van der Waals surface area contributed by atoms with Gasteiger partial charge < -0.3 is 14.0 Å². The van der Waals surface area contributed by atoms with Crippen LogP contribution >= 0.6 is 0 Å². The SMILES string of the molecule is CCCCNC(C)O.CCCC[SiH](OC)OC. The molecule has 1 atom stereocenters. The Morgan fingerprint density at radius 2 is 1.65 bits per heavy atom. The summed E-state index contributed by atoms with van der Waals surface area (Å²) >= 11 is 0. The van der Waals surface area contributed by atoms with Crippen molar-refractivity contribution in [2.24, 2.45) is 0 Å². The fourth-order valence-electron chi connectivity index (χ4n) is 1.19. The maximum Gasteiger partial charge on any atom is 0.320 e.